The molecule has 1 aromatic rings. The normalized spacial score (nSPS) is 11.8. The van der Waals surface area contributed by atoms with Crippen molar-refractivity contribution in [3.05, 3.63) is 28.8 Å². The number of carbonyl (C=O) groups excluding carboxylic acids is 1. The van der Waals surface area contributed by atoms with E-state index in [1.54, 1.807) is 0 Å². The third-order valence-corrected chi connectivity index (χ3v) is 4.21. The maximum absolute atomic E-state index is 12.0. The maximum atomic E-state index is 12.0. The first-order valence-corrected chi connectivity index (χ1v) is 9.10. The highest BCUT2D eigenvalue weighted by Crippen LogP contribution is 2.34. The van der Waals surface area contributed by atoms with E-state index in [9.17, 15) is 9.90 Å². The van der Waals surface area contributed by atoms with Gasteiger partial charge in [-0.05, 0) is 41.4 Å². The van der Waals surface area contributed by atoms with Gasteiger partial charge >= 0.3 is 5.97 Å². The fourth-order valence-electron chi connectivity index (χ4n) is 2.76. The summed E-state index contributed by atoms with van der Waals surface area (Å²) < 4.78 is 5.35. The molecule has 3 nitrogen and oxygen atoms in total. The molecule has 0 unspecified atom stereocenters. The minimum Gasteiger partial charge on any atom is -0.507 e. The summed E-state index contributed by atoms with van der Waals surface area (Å²) in [7, 11) is 0. The van der Waals surface area contributed by atoms with E-state index >= 15 is 0 Å². The van der Waals surface area contributed by atoms with Crippen LogP contribution in [0.3, 0.4) is 0 Å². The molecule has 1 N–H and O–H groups in total. The number of hydrogen-bond acceptors (Lipinski definition) is 3. The van der Waals surface area contributed by atoms with Crippen molar-refractivity contribution < 1.29 is 14.6 Å². The van der Waals surface area contributed by atoms with E-state index in [0.717, 1.165) is 35.4 Å². The van der Waals surface area contributed by atoms with Crippen LogP contribution in [0, 0.1) is 12.8 Å². The zero-order valence-corrected chi connectivity index (χ0v) is 16.2. The van der Waals surface area contributed by atoms with Crippen molar-refractivity contribution in [2.24, 2.45) is 5.92 Å². The number of esters is 1. The first-order valence-electron chi connectivity index (χ1n) is 9.10. The van der Waals surface area contributed by atoms with E-state index in [1.165, 1.54) is 12.8 Å². The molecular weight excluding hydrogens is 300 g/mol. The van der Waals surface area contributed by atoms with Crippen LogP contribution in [0.2, 0.25) is 0 Å². The van der Waals surface area contributed by atoms with Gasteiger partial charge in [-0.15, -0.1) is 0 Å². The SMILES string of the molecule is Cc1cc(CC(=O)OCCCCCC(C)C)cc(C(C)(C)C)c1O. The van der Waals surface area contributed by atoms with Crippen molar-refractivity contribution in [3.8, 4) is 5.75 Å². The Morgan fingerprint density at radius 2 is 1.83 bits per heavy atom. The Morgan fingerprint density at radius 3 is 2.42 bits per heavy atom. The van der Waals surface area contributed by atoms with E-state index in [0.29, 0.717) is 12.4 Å². The van der Waals surface area contributed by atoms with Gasteiger partial charge in [0.25, 0.3) is 0 Å². The van der Waals surface area contributed by atoms with Crippen LogP contribution in [0.15, 0.2) is 12.1 Å². The summed E-state index contributed by atoms with van der Waals surface area (Å²) in [5.74, 6) is 0.871. The summed E-state index contributed by atoms with van der Waals surface area (Å²) in [5.41, 5.74) is 2.42. The van der Waals surface area contributed by atoms with Crippen molar-refractivity contribution in [1.82, 2.24) is 0 Å². The molecule has 0 amide bonds. The van der Waals surface area contributed by atoms with Crippen molar-refractivity contribution in [3.63, 3.8) is 0 Å². The van der Waals surface area contributed by atoms with Crippen LogP contribution < -0.4 is 0 Å². The van der Waals surface area contributed by atoms with Gasteiger partial charge in [0.1, 0.15) is 5.75 Å². The molecule has 136 valence electrons. The Kier molecular flexibility index (Phi) is 7.78. The maximum Gasteiger partial charge on any atom is 0.310 e. The van der Waals surface area contributed by atoms with Crippen LogP contribution in [0.4, 0.5) is 0 Å². The number of ether oxygens (including phenoxy) is 1. The van der Waals surface area contributed by atoms with Crippen molar-refractivity contribution >= 4 is 5.97 Å². The molecule has 0 spiro atoms. The average Bonchev–Trinajstić information content (AvgIpc) is 2.44. The third-order valence-electron chi connectivity index (χ3n) is 4.21. The minimum absolute atomic E-state index is 0.162. The summed E-state index contributed by atoms with van der Waals surface area (Å²) in [6.45, 7) is 13.0. The highest BCUT2D eigenvalue weighted by Gasteiger charge is 2.20. The number of benzene rings is 1. The van der Waals surface area contributed by atoms with E-state index in [2.05, 4.69) is 34.6 Å². The Morgan fingerprint density at radius 1 is 1.17 bits per heavy atom. The first kappa shape index (κ1) is 20.5. The topological polar surface area (TPSA) is 46.5 Å². The van der Waals surface area contributed by atoms with E-state index in [4.69, 9.17) is 4.74 Å². The smallest absolute Gasteiger partial charge is 0.310 e. The van der Waals surface area contributed by atoms with Gasteiger partial charge in [-0.25, -0.2) is 0 Å². The molecule has 1 rings (SSSR count). The number of phenolic OH excluding ortho intramolecular Hbond substituents is 1. The quantitative estimate of drug-likeness (QED) is 0.518. The molecular formula is C21H34O3. The highest BCUT2D eigenvalue weighted by molar-refractivity contribution is 5.73. The Hall–Kier alpha value is -1.51. The summed E-state index contributed by atoms with van der Waals surface area (Å²) in [4.78, 5) is 12.0. The monoisotopic (exact) mass is 334 g/mol. The van der Waals surface area contributed by atoms with Crippen molar-refractivity contribution in [1.29, 1.82) is 0 Å². The molecule has 0 atom stereocenters. The fourth-order valence-corrected chi connectivity index (χ4v) is 2.76. The Bertz CT molecular complexity index is 539. The second-order valence-corrected chi connectivity index (χ2v) is 8.20. The molecule has 0 saturated carbocycles. The zero-order valence-electron chi connectivity index (χ0n) is 16.2. The molecule has 0 aliphatic carbocycles. The summed E-state index contributed by atoms with van der Waals surface area (Å²) in [6.07, 6.45) is 4.73. The van der Waals surface area contributed by atoms with Gasteiger partial charge in [0.05, 0.1) is 13.0 Å². The molecule has 3 heteroatoms. The van der Waals surface area contributed by atoms with E-state index in [-0.39, 0.29) is 17.8 Å². The molecule has 0 fully saturated rings. The van der Waals surface area contributed by atoms with Crippen molar-refractivity contribution in [2.75, 3.05) is 6.61 Å². The van der Waals surface area contributed by atoms with Crippen LogP contribution in [-0.4, -0.2) is 17.7 Å². The lowest BCUT2D eigenvalue weighted by molar-refractivity contribution is -0.142. The predicted octanol–water partition coefficient (Wildman–Crippen LogP) is 5.30. The molecule has 1 aromatic carbocycles. The minimum atomic E-state index is -0.191. The molecule has 24 heavy (non-hydrogen) atoms. The van der Waals surface area contributed by atoms with Crippen LogP contribution in [0.25, 0.3) is 0 Å². The van der Waals surface area contributed by atoms with E-state index < -0.39 is 0 Å². The molecule has 0 bridgehead atoms. The molecule has 0 aromatic heterocycles. The largest absolute Gasteiger partial charge is 0.507 e. The zero-order chi connectivity index (χ0) is 18.3. The lowest BCUT2D eigenvalue weighted by Crippen LogP contribution is -2.14. The van der Waals surface area contributed by atoms with Crippen molar-refractivity contribution in [2.45, 2.75) is 79.1 Å². The summed E-state index contributed by atoms with van der Waals surface area (Å²) in [5, 5.41) is 10.2. The van der Waals surface area contributed by atoms with Gasteiger partial charge in [-0.1, -0.05) is 66.0 Å². The van der Waals surface area contributed by atoms with Crippen LogP contribution in [0.5, 0.6) is 5.75 Å². The van der Waals surface area contributed by atoms with Crippen LogP contribution in [-0.2, 0) is 21.4 Å². The van der Waals surface area contributed by atoms with Gasteiger partial charge in [0, 0.05) is 0 Å². The van der Waals surface area contributed by atoms with Gasteiger partial charge in [0.2, 0.25) is 0 Å². The van der Waals surface area contributed by atoms with Gasteiger partial charge in [0.15, 0.2) is 0 Å². The van der Waals surface area contributed by atoms with Gasteiger partial charge in [-0.2, -0.15) is 0 Å². The highest BCUT2D eigenvalue weighted by atomic mass is 16.5. The lowest BCUT2D eigenvalue weighted by Gasteiger charge is -2.22. The summed E-state index contributed by atoms with van der Waals surface area (Å²) >= 11 is 0. The average molecular weight is 335 g/mol. The number of rotatable bonds is 8. The number of phenols is 1. The number of unbranched alkanes of at least 4 members (excludes halogenated alkanes) is 2. The Balaban J connectivity index is 2.51. The van der Waals surface area contributed by atoms with Gasteiger partial charge < -0.3 is 9.84 Å². The molecule has 0 heterocycles. The van der Waals surface area contributed by atoms with Crippen LogP contribution >= 0.6 is 0 Å². The number of aryl methyl sites for hydroxylation is 1. The number of aromatic hydroxyl groups is 1. The number of carbonyl (C=O) groups is 1. The van der Waals surface area contributed by atoms with Crippen LogP contribution in [0.1, 0.15) is 77.0 Å². The van der Waals surface area contributed by atoms with Gasteiger partial charge in [-0.3, -0.25) is 4.79 Å². The molecule has 0 saturated heterocycles. The van der Waals surface area contributed by atoms with E-state index in [1.807, 2.05) is 19.1 Å². The second-order valence-electron chi connectivity index (χ2n) is 8.20. The predicted molar refractivity (Wildman–Crippen MR) is 99.5 cm³/mol. The standard InChI is InChI=1S/C21H34O3/c1-15(2)10-8-7-9-11-24-19(22)14-17-12-16(3)20(23)18(13-17)21(4,5)6/h12-13,15,23H,7-11,14H2,1-6H3. The fraction of sp³-hybridized carbons (Fsp3) is 0.667. The Labute approximate surface area is 147 Å². The first-order chi connectivity index (χ1) is 11.1. The number of hydrogen-bond donors (Lipinski definition) is 1. The molecule has 0 radical (unpaired) electrons. The third kappa shape index (κ3) is 6.94. The second kappa shape index (κ2) is 9.10. The molecule has 0 aliphatic rings. The summed E-state index contributed by atoms with van der Waals surface area (Å²) in [6, 6.07) is 3.79. The lowest BCUT2D eigenvalue weighted by atomic mass is 9.84. The molecule has 0 aliphatic heterocycles.